The predicted octanol–water partition coefficient (Wildman–Crippen LogP) is 2.94. The first kappa shape index (κ1) is 21.5. The minimum atomic E-state index is -0.326. The van der Waals surface area contributed by atoms with E-state index in [0.717, 1.165) is 54.0 Å². The van der Waals surface area contributed by atoms with Crippen LogP contribution in [0.3, 0.4) is 0 Å². The van der Waals surface area contributed by atoms with Crippen LogP contribution in [0.4, 0.5) is 10.2 Å². The van der Waals surface area contributed by atoms with Crippen molar-refractivity contribution >= 4 is 22.5 Å². The highest BCUT2D eigenvalue weighted by molar-refractivity contribution is 5.97. The third-order valence-electron chi connectivity index (χ3n) is 7.21. The molecule has 3 aliphatic rings. The van der Waals surface area contributed by atoms with Gasteiger partial charge in [-0.25, -0.2) is 14.4 Å². The molecule has 5 heterocycles. The average Bonchev–Trinajstić information content (AvgIpc) is 3.22. The van der Waals surface area contributed by atoms with Gasteiger partial charge in [-0.2, -0.15) is 0 Å². The van der Waals surface area contributed by atoms with Gasteiger partial charge in [0.15, 0.2) is 0 Å². The number of morpholine rings is 1. The molecule has 0 aliphatic carbocycles. The first-order valence-electron chi connectivity index (χ1n) is 11.9. The van der Waals surface area contributed by atoms with Crippen LogP contribution in [0.1, 0.15) is 30.3 Å². The Morgan fingerprint density at radius 3 is 2.62 bits per heavy atom. The van der Waals surface area contributed by atoms with E-state index in [-0.39, 0.29) is 24.2 Å². The smallest absolute Gasteiger partial charge is 0.242 e. The van der Waals surface area contributed by atoms with Gasteiger partial charge < -0.3 is 23.8 Å². The zero-order valence-electron chi connectivity index (χ0n) is 19.3. The Morgan fingerprint density at radius 2 is 1.82 bits per heavy atom. The summed E-state index contributed by atoms with van der Waals surface area (Å²) in [4.78, 5) is 26.1. The molecule has 178 valence electrons. The average molecular weight is 466 g/mol. The van der Waals surface area contributed by atoms with Gasteiger partial charge in [0.1, 0.15) is 24.0 Å². The van der Waals surface area contributed by atoms with Gasteiger partial charge in [0.25, 0.3) is 0 Å². The van der Waals surface area contributed by atoms with Crippen LogP contribution in [0.25, 0.3) is 22.0 Å². The maximum absolute atomic E-state index is 15.5. The molecule has 9 heteroatoms. The molecule has 3 aliphatic heterocycles. The number of halogens is 1. The predicted molar refractivity (Wildman–Crippen MR) is 125 cm³/mol. The molecule has 3 aromatic rings. The molecular weight excluding hydrogens is 437 g/mol. The third-order valence-corrected chi connectivity index (χ3v) is 7.21. The highest BCUT2D eigenvalue weighted by Crippen LogP contribution is 2.38. The maximum Gasteiger partial charge on any atom is 0.242 e. The van der Waals surface area contributed by atoms with Crippen LogP contribution >= 0.6 is 0 Å². The van der Waals surface area contributed by atoms with Gasteiger partial charge in [-0.05, 0) is 30.4 Å². The molecule has 1 amide bonds. The summed E-state index contributed by atoms with van der Waals surface area (Å²) in [6.45, 7) is 4.91. The summed E-state index contributed by atoms with van der Waals surface area (Å²) in [6.07, 6.45) is 3.46. The highest BCUT2D eigenvalue weighted by Gasteiger charge is 2.32. The lowest BCUT2D eigenvalue weighted by Gasteiger charge is -2.28. The molecule has 0 radical (unpaired) electrons. The summed E-state index contributed by atoms with van der Waals surface area (Å²) in [5.74, 6) is 1.64. The quantitative estimate of drug-likeness (QED) is 0.592. The summed E-state index contributed by atoms with van der Waals surface area (Å²) < 4.78 is 28.5. The molecule has 0 saturated carbocycles. The second-order valence-electron chi connectivity index (χ2n) is 9.27. The van der Waals surface area contributed by atoms with Crippen molar-refractivity contribution < 1.29 is 18.7 Å². The zero-order chi connectivity index (χ0) is 23.2. The van der Waals surface area contributed by atoms with E-state index in [1.807, 2.05) is 10.6 Å². The summed E-state index contributed by atoms with van der Waals surface area (Å²) in [5.41, 5.74) is 1.96. The number of likely N-dealkylation sites (N-methyl/N-ethyl adjacent to an activating group) is 1. The Kier molecular flexibility index (Phi) is 5.45. The van der Waals surface area contributed by atoms with Gasteiger partial charge in [-0.3, -0.25) is 4.79 Å². The number of nitrogens with zero attached hydrogens (tertiary/aromatic N) is 5. The van der Waals surface area contributed by atoms with Crippen molar-refractivity contribution in [3.05, 3.63) is 41.7 Å². The van der Waals surface area contributed by atoms with Gasteiger partial charge in [0.05, 0.1) is 31.1 Å². The molecule has 6 rings (SSSR count). The lowest BCUT2D eigenvalue weighted by Crippen LogP contribution is -2.37. The summed E-state index contributed by atoms with van der Waals surface area (Å²) in [7, 11) is 1.78. The largest absolute Gasteiger partial charge is 0.381 e. The number of hydrogen-bond donors (Lipinski definition) is 0. The van der Waals surface area contributed by atoms with Crippen LogP contribution in [0.15, 0.2) is 24.4 Å². The number of pyridine rings is 1. The molecule has 8 nitrogen and oxygen atoms in total. The van der Waals surface area contributed by atoms with Crippen LogP contribution in [-0.4, -0.2) is 71.9 Å². The second kappa shape index (κ2) is 8.63. The normalized spacial score (nSPS) is 19.6. The van der Waals surface area contributed by atoms with E-state index in [9.17, 15) is 4.79 Å². The third kappa shape index (κ3) is 3.63. The number of carbonyl (C=O) groups is 1. The second-order valence-corrected chi connectivity index (χ2v) is 9.27. The molecule has 34 heavy (non-hydrogen) atoms. The number of imidazole rings is 1. The van der Waals surface area contributed by atoms with Crippen molar-refractivity contribution in [3.63, 3.8) is 0 Å². The summed E-state index contributed by atoms with van der Waals surface area (Å²) >= 11 is 0. The lowest BCUT2D eigenvalue weighted by molar-refractivity contribution is -0.132. The zero-order valence-corrected chi connectivity index (χ0v) is 19.3. The molecule has 0 spiro atoms. The first-order valence-corrected chi connectivity index (χ1v) is 11.9. The van der Waals surface area contributed by atoms with Crippen molar-refractivity contribution in [1.29, 1.82) is 0 Å². The van der Waals surface area contributed by atoms with E-state index in [1.165, 1.54) is 6.07 Å². The number of anilines is 1. The molecule has 0 N–H and O–H groups in total. The van der Waals surface area contributed by atoms with Gasteiger partial charge in [0, 0.05) is 56.4 Å². The Labute approximate surface area is 197 Å². The number of ether oxygens (including phenoxy) is 2. The number of aromatic nitrogens is 3. The fourth-order valence-corrected chi connectivity index (χ4v) is 5.27. The molecule has 2 saturated heterocycles. The fraction of sp³-hybridized carbons (Fsp3) is 0.480. The molecule has 2 aromatic heterocycles. The van der Waals surface area contributed by atoms with Crippen molar-refractivity contribution in [2.75, 3.05) is 51.5 Å². The Bertz CT molecular complexity index is 1250. The Hall–Kier alpha value is -3.04. The Morgan fingerprint density at radius 1 is 1.06 bits per heavy atom. The Balaban J connectivity index is 1.49. The van der Waals surface area contributed by atoms with Crippen LogP contribution in [-0.2, 0) is 27.4 Å². The highest BCUT2D eigenvalue weighted by atomic mass is 19.1. The van der Waals surface area contributed by atoms with E-state index in [2.05, 4.69) is 9.88 Å². The van der Waals surface area contributed by atoms with E-state index < -0.39 is 0 Å². The van der Waals surface area contributed by atoms with Crippen molar-refractivity contribution in [2.45, 2.75) is 31.8 Å². The number of amides is 1. The molecule has 1 aromatic carbocycles. The van der Waals surface area contributed by atoms with Gasteiger partial charge in [-0.15, -0.1) is 0 Å². The minimum Gasteiger partial charge on any atom is -0.381 e. The molecule has 0 unspecified atom stereocenters. The van der Waals surface area contributed by atoms with Crippen LogP contribution in [0.2, 0.25) is 0 Å². The molecule has 0 atom stereocenters. The van der Waals surface area contributed by atoms with Crippen LogP contribution in [0, 0.1) is 5.82 Å². The van der Waals surface area contributed by atoms with Crippen LogP contribution in [0.5, 0.6) is 0 Å². The van der Waals surface area contributed by atoms with E-state index in [4.69, 9.17) is 14.5 Å². The van der Waals surface area contributed by atoms with E-state index in [0.29, 0.717) is 44.2 Å². The van der Waals surface area contributed by atoms with Gasteiger partial charge >= 0.3 is 0 Å². The number of rotatable bonds is 3. The van der Waals surface area contributed by atoms with E-state index >= 15 is 4.39 Å². The minimum absolute atomic E-state index is 0.0416. The number of carbonyl (C=O) groups excluding carboxylic acids is 1. The molecule has 2 fully saturated rings. The standard InChI is InChI=1S/C25H28FN5O3/c1-29-14-20-24(28-25(31(20)15-22(29)32)16-4-8-33-9-5-16)23-18-13-27-21(30-6-10-34-11-7-30)12-17(18)2-3-19(23)26/h2-3,12-13,16H,4-11,14-15H2,1H3. The first-order chi connectivity index (χ1) is 16.6. The van der Waals surface area contributed by atoms with Gasteiger partial charge in [-0.1, -0.05) is 6.07 Å². The van der Waals surface area contributed by atoms with Crippen molar-refractivity contribution in [3.8, 4) is 11.3 Å². The number of benzene rings is 1. The maximum atomic E-state index is 15.5. The molecule has 0 bridgehead atoms. The van der Waals surface area contributed by atoms with E-state index in [1.54, 1.807) is 24.2 Å². The van der Waals surface area contributed by atoms with Gasteiger partial charge in [0.2, 0.25) is 5.91 Å². The SMILES string of the molecule is CN1Cc2c(-c3c(F)ccc4cc(N5CCOCC5)ncc34)nc(C3CCOCC3)n2CC1=O. The summed E-state index contributed by atoms with van der Waals surface area (Å²) in [6, 6.07) is 5.33. The van der Waals surface area contributed by atoms with Crippen LogP contribution < -0.4 is 4.90 Å². The summed E-state index contributed by atoms with van der Waals surface area (Å²) in [5, 5.41) is 1.65. The number of hydrogen-bond acceptors (Lipinski definition) is 6. The fourth-order valence-electron chi connectivity index (χ4n) is 5.27. The number of fused-ring (bicyclic) bond motifs is 2. The topological polar surface area (TPSA) is 72.7 Å². The monoisotopic (exact) mass is 465 g/mol. The molecular formula is C25H28FN5O3. The van der Waals surface area contributed by atoms with Crippen molar-refractivity contribution in [2.24, 2.45) is 0 Å². The lowest BCUT2D eigenvalue weighted by atomic mass is 9.99. The van der Waals surface area contributed by atoms with Crippen molar-refractivity contribution in [1.82, 2.24) is 19.4 Å².